The highest BCUT2D eigenvalue weighted by Gasteiger charge is 2.30. The summed E-state index contributed by atoms with van der Waals surface area (Å²) in [6.07, 6.45) is 3.43. The summed E-state index contributed by atoms with van der Waals surface area (Å²) in [5.74, 6) is -0.0987. The van der Waals surface area contributed by atoms with Crippen LogP contribution in [-0.4, -0.2) is 9.02 Å². The molecule has 0 aliphatic heterocycles. The van der Waals surface area contributed by atoms with E-state index in [-0.39, 0.29) is 5.78 Å². The van der Waals surface area contributed by atoms with Gasteiger partial charge in [-0.1, -0.05) is 19.8 Å². The third kappa shape index (κ3) is 4.22. The van der Waals surface area contributed by atoms with Crippen molar-refractivity contribution in [2.75, 3.05) is 0 Å². The van der Waals surface area contributed by atoms with Gasteiger partial charge in [0.25, 0.3) is 0 Å². The highest BCUT2D eigenvalue weighted by atomic mass is 79.9. The van der Waals surface area contributed by atoms with Crippen molar-refractivity contribution in [3.05, 3.63) is 0 Å². The van der Waals surface area contributed by atoms with Gasteiger partial charge in [-0.3, -0.25) is 4.79 Å². The number of rotatable bonds is 5. The Morgan fingerprint density at radius 2 is 2.08 bits per heavy atom. The first-order valence-corrected chi connectivity index (χ1v) is 5.45. The van der Waals surface area contributed by atoms with Crippen molar-refractivity contribution in [2.24, 2.45) is 0 Å². The molecule has 0 heterocycles. The Kier molecular flexibility index (Phi) is 5.77. The molecule has 68 valence electrons. The van der Waals surface area contributed by atoms with Crippen molar-refractivity contribution >= 4 is 37.6 Å². The molecule has 0 N–H and O–H groups in total. The predicted octanol–water partition coefficient (Wildman–Crippen LogP) is 3.15. The van der Waals surface area contributed by atoms with E-state index >= 15 is 0 Å². The van der Waals surface area contributed by atoms with E-state index in [4.69, 9.17) is 5.26 Å². The molecule has 4 heteroatoms. The van der Waals surface area contributed by atoms with Crippen molar-refractivity contribution in [3.63, 3.8) is 0 Å². The molecule has 0 saturated carbocycles. The highest BCUT2D eigenvalue weighted by molar-refractivity contribution is 9.26. The Bertz CT molecular complexity index is 196. The average molecular weight is 297 g/mol. The van der Waals surface area contributed by atoms with Crippen molar-refractivity contribution in [2.45, 2.75) is 35.8 Å². The number of unbranched alkanes of at least 4 members (excludes halogenated alkanes) is 2. The number of halogens is 2. The molecule has 0 rings (SSSR count). The van der Waals surface area contributed by atoms with Crippen LogP contribution < -0.4 is 0 Å². The van der Waals surface area contributed by atoms with Gasteiger partial charge >= 0.3 is 0 Å². The Labute approximate surface area is 89.6 Å². The lowest BCUT2D eigenvalue weighted by molar-refractivity contribution is -0.118. The van der Waals surface area contributed by atoms with Crippen LogP contribution in [0.1, 0.15) is 32.6 Å². The number of carbonyl (C=O) groups is 1. The number of nitriles is 1. The highest BCUT2D eigenvalue weighted by Crippen LogP contribution is 2.28. The zero-order chi connectivity index (χ0) is 9.61. The number of carbonyl (C=O) groups excluding carboxylic acids is 1. The first-order valence-electron chi connectivity index (χ1n) is 3.87. The molecular weight excluding hydrogens is 286 g/mol. The molecule has 0 aliphatic carbocycles. The monoisotopic (exact) mass is 295 g/mol. The van der Waals surface area contributed by atoms with Crippen LogP contribution in [0.3, 0.4) is 0 Å². The number of ketones is 1. The SMILES string of the molecule is CCCCCC(=O)C(Br)(Br)C#N. The van der Waals surface area contributed by atoms with Gasteiger partial charge in [0, 0.05) is 6.42 Å². The molecule has 0 spiro atoms. The van der Waals surface area contributed by atoms with E-state index in [2.05, 4.69) is 38.8 Å². The number of hydrogen-bond donors (Lipinski definition) is 0. The first kappa shape index (κ1) is 12.1. The second-order valence-electron chi connectivity index (χ2n) is 2.57. The average Bonchev–Trinajstić information content (AvgIpc) is 2.05. The molecule has 0 aliphatic rings. The van der Waals surface area contributed by atoms with Gasteiger partial charge in [0.2, 0.25) is 3.23 Å². The fourth-order valence-corrected chi connectivity index (χ4v) is 1.15. The van der Waals surface area contributed by atoms with Crippen molar-refractivity contribution in [3.8, 4) is 6.07 Å². The van der Waals surface area contributed by atoms with Crippen LogP contribution in [-0.2, 0) is 4.79 Å². The second kappa shape index (κ2) is 5.71. The van der Waals surface area contributed by atoms with Crippen LogP contribution in [0.2, 0.25) is 0 Å². The Morgan fingerprint density at radius 1 is 1.50 bits per heavy atom. The largest absolute Gasteiger partial charge is 0.296 e. The van der Waals surface area contributed by atoms with Crippen molar-refractivity contribution < 1.29 is 4.79 Å². The maximum absolute atomic E-state index is 11.3. The Balaban J connectivity index is 3.82. The molecular formula is C8H11Br2NO. The summed E-state index contributed by atoms with van der Waals surface area (Å²) in [6.45, 7) is 2.07. The van der Waals surface area contributed by atoms with E-state index < -0.39 is 3.23 Å². The summed E-state index contributed by atoms with van der Waals surface area (Å²) in [5.41, 5.74) is 0. The first-order chi connectivity index (χ1) is 5.54. The van der Waals surface area contributed by atoms with Gasteiger partial charge < -0.3 is 0 Å². The molecule has 0 aromatic heterocycles. The maximum Gasteiger partial charge on any atom is 0.223 e. The van der Waals surface area contributed by atoms with Crippen LogP contribution in [0.15, 0.2) is 0 Å². The Hall–Kier alpha value is 0.120. The maximum atomic E-state index is 11.3. The van der Waals surface area contributed by atoms with Crippen LogP contribution >= 0.6 is 31.9 Å². The fourth-order valence-electron chi connectivity index (χ4n) is 0.755. The number of hydrogen-bond acceptors (Lipinski definition) is 2. The van der Waals surface area contributed by atoms with Gasteiger partial charge in [0.15, 0.2) is 5.78 Å². The van der Waals surface area contributed by atoms with Gasteiger partial charge in [-0.25, -0.2) is 0 Å². The lowest BCUT2D eigenvalue weighted by atomic mass is 10.1. The fraction of sp³-hybridized carbons (Fsp3) is 0.750. The summed E-state index contributed by atoms with van der Waals surface area (Å²) < 4.78 is -1.16. The van der Waals surface area contributed by atoms with Gasteiger partial charge in [-0.05, 0) is 38.3 Å². The van der Waals surface area contributed by atoms with E-state index in [1.54, 1.807) is 0 Å². The molecule has 0 aromatic carbocycles. The molecule has 2 nitrogen and oxygen atoms in total. The number of nitrogens with zero attached hydrogens (tertiary/aromatic N) is 1. The summed E-state index contributed by atoms with van der Waals surface area (Å²) >= 11 is 6.01. The third-order valence-corrected chi connectivity index (χ3v) is 2.74. The zero-order valence-electron chi connectivity index (χ0n) is 6.94. The molecule has 0 atom stereocenters. The Morgan fingerprint density at radius 3 is 2.50 bits per heavy atom. The van der Waals surface area contributed by atoms with E-state index in [1.165, 1.54) is 0 Å². The van der Waals surface area contributed by atoms with Crippen LogP contribution in [0.5, 0.6) is 0 Å². The quantitative estimate of drug-likeness (QED) is 0.578. The van der Waals surface area contributed by atoms with Crippen LogP contribution in [0.4, 0.5) is 0 Å². The molecule has 0 aromatic rings. The van der Waals surface area contributed by atoms with Gasteiger partial charge in [0.1, 0.15) is 6.07 Å². The lowest BCUT2D eigenvalue weighted by Gasteiger charge is -2.08. The molecule has 12 heavy (non-hydrogen) atoms. The van der Waals surface area contributed by atoms with Crippen molar-refractivity contribution in [1.82, 2.24) is 0 Å². The molecule has 0 fully saturated rings. The minimum Gasteiger partial charge on any atom is -0.296 e. The predicted molar refractivity (Wildman–Crippen MR) is 55.3 cm³/mol. The summed E-state index contributed by atoms with van der Waals surface area (Å²) in [5, 5.41) is 8.56. The van der Waals surface area contributed by atoms with Crippen LogP contribution in [0.25, 0.3) is 0 Å². The lowest BCUT2D eigenvalue weighted by Crippen LogP contribution is -2.22. The minimum absolute atomic E-state index is 0.0987. The molecule has 0 saturated heterocycles. The minimum atomic E-state index is -1.16. The van der Waals surface area contributed by atoms with E-state index in [9.17, 15) is 4.79 Å². The van der Waals surface area contributed by atoms with Gasteiger partial charge in [-0.2, -0.15) is 5.26 Å². The van der Waals surface area contributed by atoms with Crippen LogP contribution in [0, 0.1) is 11.3 Å². The molecule has 0 amide bonds. The second-order valence-corrected chi connectivity index (χ2v) is 6.01. The molecule has 0 radical (unpaired) electrons. The topological polar surface area (TPSA) is 40.9 Å². The third-order valence-electron chi connectivity index (χ3n) is 1.50. The number of Topliss-reactive ketones (excluding diaryl/α,β-unsaturated/α-hetero) is 1. The molecule has 0 unspecified atom stereocenters. The normalized spacial score (nSPS) is 10.8. The summed E-state index contributed by atoms with van der Waals surface area (Å²) in [6, 6.07) is 1.85. The van der Waals surface area contributed by atoms with E-state index in [0.717, 1.165) is 19.3 Å². The number of alkyl halides is 2. The van der Waals surface area contributed by atoms with E-state index in [1.807, 2.05) is 6.07 Å². The van der Waals surface area contributed by atoms with Gasteiger partial charge in [0.05, 0.1) is 0 Å². The van der Waals surface area contributed by atoms with Crippen molar-refractivity contribution in [1.29, 1.82) is 5.26 Å². The standard InChI is InChI=1S/C8H11Br2NO/c1-2-3-4-5-7(12)8(9,10)6-11/h2-5H2,1H3. The zero-order valence-corrected chi connectivity index (χ0v) is 10.1. The van der Waals surface area contributed by atoms with Gasteiger partial charge in [-0.15, -0.1) is 0 Å². The summed E-state index contributed by atoms with van der Waals surface area (Å²) in [7, 11) is 0. The van der Waals surface area contributed by atoms with E-state index in [0.29, 0.717) is 6.42 Å². The molecule has 0 bridgehead atoms. The smallest absolute Gasteiger partial charge is 0.223 e. The summed E-state index contributed by atoms with van der Waals surface area (Å²) in [4.78, 5) is 11.3.